The van der Waals surface area contributed by atoms with Crippen LogP contribution in [-0.2, 0) is 14.2 Å². The highest BCUT2D eigenvalue weighted by Crippen LogP contribution is 2.29. The molecule has 0 aromatic carbocycles. The summed E-state index contributed by atoms with van der Waals surface area (Å²) in [5.74, 6) is 0. The monoisotopic (exact) mass is 466 g/mol. The largest absolute Gasteiger partial charge is 0.370 e. The van der Waals surface area contributed by atoms with Crippen molar-refractivity contribution in [3.05, 3.63) is 0 Å². The van der Waals surface area contributed by atoms with Crippen molar-refractivity contribution in [1.82, 2.24) is 0 Å². The van der Waals surface area contributed by atoms with E-state index in [0.717, 1.165) is 13.2 Å². The molecule has 3 nitrogen and oxygen atoms in total. The van der Waals surface area contributed by atoms with E-state index in [1.807, 2.05) is 0 Å². The molecule has 2 saturated heterocycles. The Morgan fingerprint density at radius 1 is 0.485 bits per heavy atom. The van der Waals surface area contributed by atoms with Gasteiger partial charge >= 0.3 is 0 Å². The van der Waals surface area contributed by atoms with Crippen molar-refractivity contribution in [3.8, 4) is 0 Å². The van der Waals surface area contributed by atoms with Gasteiger partial charge < -0.3 is 14.2 Å². The highest BCUT2D eigenvalue weighted by atomic mass is 16.6. The van der Waals surface area contributed by atoms with Crippen LogP contribution in [0.5, 0.6) is 0 Å². The highest BCUT2D eigenvalue weighted by Gasteiger charge is 2.39. The van der Waals surface area contributed by atoms with Gasteiger partial charge in [0.05, 0.1) is 25.4 Å². The zero-order chi connectivity index (χ0) is 23.4. The van der Waals surface area contributed by atoms with Crippen LogP contribution in [-0.4, -0.2) is 37.6 Å². The third-order valence-electron chi connectivity index (χ3n) is 7.58. The van der Waals surface area contributed by atoms with Gasteiger partial charge in [-0.05, 0) is 12.8 Å². The molecule has 0 radical (unpaired) electrons. The van der Waals surface area contributed by atoms with E-state index in [4.69, 9.17) is 14.2 Å². The maximum absolute atomic E-state index is 6.61. The van der Waals surface area contributed by atoms with Crippen LogP contribution >= 0.6 is 0 Å². The molecule has 0 aliphatic carbocycles. The zero-order valence-corrected chi connectivity index (χ0v) is 22.5. The van der Waals surface area contributed by atoms with Crippen molar-refractivity contribution in [1.29, 1.82) is 0 Å². The van der Waals surface area contributed by atoms with E-state index < -0.39 is 0 Å². The number of epoxide rings is 2. The van der Waals surface area contributed by atoms with E-state index in [9.17, 15) is 0 Å². The minimum atomic E-state index is 0.302. The van der Waals surface area contributed by atoms with Crippen molar-refractivity contribution >= 4 is 0 Å². The Labute approximate surface area is 207 Å². The van der Waals surface area contributed by atoms with Gasteiger partial charge in [0.25, 0.3) is 0 Å². The molecule has 0 saturated carbocycles. The zero-order valence-electron chi connectivity index (χ0n) is 22.5. The molecular formula is C30H58O3. The highest BCUT2D eigenvalue weighted by molar-refractivity contribution is 4.86. The predicted molar refractivity (Wildman–Crippen MR) is 141 cm³/mol. The average Bonchev–Trinajstić information content (AvgIpc) is 3.72. The van der Waals surface area contributed by atoms with Gasteiger partial charge in [-0.3, -0.25) is 0 Å². The molecule has 3 heteroatoms. The second-order valence-corrected chi connectivity index (χ2v) is 10.9. The number of hydrogen-bond donors (Lipinski definition) is 0. The number of ether oxygens (including phenoxy) is 3. The van der Waals surface area contributed by atoms with Crippen LogP contribution in [0.2, 0.25) is 0 Å². The summed E-state index contributed by atoms with van der Waals surface area (Å²) < 4.78 is 17.9. The van der Waals surface area contributed by atoms with Crippen LogP contribution in [0.1, 0.15) is 155 Å². The van der Waals surface area contributed by atoms with E-state index in [1.165, 1.54) is 141 Å². The number of unbranched alkanes of at least 4 members (excludes halogenated alkanes) is 18. The van der Waals surface area contributed by atoms with Crippen LogP contribution in [0.4, 0.5) is 0 Å². The SMILES string of the molecule is CCCCCCCCCCCCC(OC(CCCCCCCCCCCC)C1CO1)C1CO1. The van der Waals surface area contributed by atoms with Crippen molar-refractivity contribution in [3.63, 3.8) is 0 Å². The van der Waals surface area contributed by atoms with Gasteiger partial charge in [-0.15, -0.1) is 0 Å². The summed E-state index contributed by atoms with van der Waals surface area (Å²) in [5.41, 5.74) is 0. The van der Waals surface area contributed by atoms with Crippen molar-refractivity contribution < 1.29 is 14.2 Å². The molecule has 0 amide bonds. The first kappa shape index (κ1) is 29.1. The smallest absolute Gasteiger partial charge is 0.107 e. The van der Waals surface area contributed by atoms with E-state index in [1.54, 1.807) is 0 Å². The summed E-state index contributed by atoms with van der Waals surface area (Å²) in [4.78, 5) is 0. The Morgan fingerprint density at radius 3 is 1.03 bits per heavy atom. The molecule has 2 heterocycles. The van der Waals surface area contributed by atoms with Crippen LogP contribution in [0.15, 0.2) is 0 Å². The van der Waals surface area contributed by atoms with Crippen LogP contribution < -0.4 is 0 Å². The molecule has 2 rings (SSSR count). The lowest BCUT2D eigenvalue weighted by Gasteiger charge is -2.23. The van der Waals surface area contributed by atoms with Crippen molar-refractivity contribution in [2.45, 2.75) is 180 Å². The minimum absolute atomic E-state index is 0.302. The standard InChI is InChI=1S/C30H58O3/c1-3-5-7-9-11-13-15-17-19-21-23-27(29-25-31-29)33-28(30-26-32-30)24-22-20-18-16-14-12-10-8-6-4-2/h27-30H,3-26H2,1-2H3. The fourth-order valence-corrected chi connectivity index (χ4v) is 5.11. The molecule has 2 aliphatic rings. The molecule has 0 bridgehead atoms. The van der Waals surface area contributed by atoms with Crippen LogP contribution in [0.25, 0.3) is 0 Å². The second kappa shape index (κ2) is 20.1. The summed E-state index contributed by atoms with van der Waals surface area (Å²) in [6, 6.07) is 0. The van der Waals surface area contributed by atoms with Gasteiger partial charge in [0.1, 0.15) is 12.2 Å². The van der Waals surface area contributed by atoms with Gasteiger partial charge in [-0.2, -0.15) is 0 Å². The first-order valence-electron chi connectivity index (χ1n) is 15.2. The lowest BCUT2D eigenvalue weighted by molar-refractivity contribution is -0.0468. The summed E-state index contributed by atoms with van der Waals surface area (Å²) in [7, 11) is 0. The van der Waals surface area contributed by atoms with Gasteiger partial charge in [0.15, 0.2) is 0 Å². The molecule has 2 aliphatic heterocycles. The lowest BCUT2D eigenvalue weighted by atomic mass is 10.0. The van der Waals surface area contributed by atoms with Crippen LogP contribution in [0, 0.1) is 0 Å². The molecule has 0 spiro atoms. The third-order valence-corrected chi connectivity index (χ3v) is 7.58. The molecule has 4 unspecified atom stereocenters. The van der Waals surface area contributed by atoms with Gasteiger partial charge in [-0.25, -0.2) is 0 Å². The Balaban J connectivity index is 1.47. The van der Waals surface area contributed by atoms with Crippen molar-refractivity contribution in [2.75, 3.05) is 13.2 Å². The minimum Gasteiger partial charge on any atom is -0.370 e. The van der Waals surface area contributed by atoms with Crippen LogP contribution in [0.3, 0.4) is 0 Å². The van der Waals surface area contributed by atoms with Gasteiger partial charge in [-0.1, -0.05) is 142 Å². The summed E-state index contributed by atoms with van der Waals surface area (Å²) >= 11 is 0. The summed E-state index contributed by atoms with van der Waals surface area (Å²) in [5, 5.41) is 0. The Kier molecular flexibility index (Phi) is 17.7. The first-order valence-corrected chi connectivity index (χ1v) is 15.2. The molecule has 4 atom stereocenters. The van der Waals surface area contributed by atoms with Crippen molar-refractivity contribution in [2.24, 2.45) is 0 Å². The lowest BCUT2D eigenvalue weighted by Crippen LogP contribution is -2.30. The second-order valence-electron chi connectivity index (χ2n) is 10.9. The van der Waals surface area contributed by atoms with Gasteiger partial charge in [0, 0.05) is 0 Å². The van der Waals surface area contributed by atoms with Gasteiger partial charge in [0.2, 0.25) is 0 Å². The Hall–Kier alpha value is -0.120. The topological polar surface area (TPSA) is 34.3 Å². The summed E-state index contributed by atoms with van der Waals surface area (Å²) in [6.07, 6.45) is 31.5. The van der Waals surface area contributed by atoms with E-state index >= 15 is 0 Å². The van der Waals surface area contributed by atoms with E-state index in [0.29, 0.717) is 24.4 Å². The Morgan fingerprint density at radius 2 is 0.758 bits per heavy atom. The molecule has 33 heavy (non-hydrogen) atoms. The van der Waals surface area contributed by atoms with E-state index in [2.05, 4.69) is 13.8 Å². The molecule has 0 N–H and O–H groups in total. The third kappa shape index (κ3) is 16.2. The average molecular weight is 467 g/mol. The fourth-order valence-electron chi connectivity index (χ4n) is 5.11. The molecular weight excluding hydrogens is 408 g/mol. The van der Waals surface area contributed by atoms with E-state index in [-0.39, 0.29) is 0 Å². The molecule has 2 fully saturated rings. The first-order chi connectivity index (χ1) is 16.3. The number of rotatable bonds is 26. The molecule has 196 valence electrons. The number of hydrogen-bond acceptors (Lipinski definition) is 3. The predicted octanol–water partition coefficient (Wildman–Crippen LogP) is 9.16. The normalized spacial score (nSPS) is 21.3. The fraction of sp³-hybridized carbons (Fsp3) is 1.00. The quantitative estimate of drug-likeness (QED) is 0.0941. The Bertz CT molecular complexity index is 381. The molecule has 0 aromatic heterocycles. The molecule has 0 aromatic rings. The maximum atomic E-state index is 6.61. The summed E-state index contributed by atoms with van der Waals surface area (Å²) in [6.45, 7) is 6.39. The maximum Gasteiger partial charge on any atom is 0.107 e.